The molecule has 0 spiro atoms. The second-order valence-electron chi connectivity index (χ2n) is 6.07. The molecule has 1 aromatic rings. The molecule has 0 saturated heterocycles. The van der Waals surface area contributed by atoms with Gasteiger partial charge in [0.1, 0.15) is 0 Å². The molecule has 0 saturated carbocycles. The molecule has 0 radical (unpaired) electrons. The van der Waals surface area contributed by atoms with E-state index in [0.717, 1.165) is 25.0 Å². The van der Waals surface area contributed by atoms with Crippen LogP contribution in [0.25, 0.3) is 0 Å². The van der Waals surface area contributed by atoms with Crippen LogP contribution in [0.3, 0.4) is 0 Å². The van der Waals surface area contributed by atoms with Gasteiger partial charge in [-0.1, -0.05) is 18.6 Å². The summed E-state index contributed by atoms with van der Waals surface area (Å²) in [6, 6.07) is 0. The Kier molecular flexibility index (Phi) is 5.32. The second kappa shape index (κ2) is 6.22. The Labute approximate surface area is 122 Å². The molecule has 0 N–H and O–H groups in total. The van der Waals surface area contributed by atoms with E-state index >= 15 is 0 Å². The standard InChI is InChI=1S/C13H26N4O2S/c1-7-11(8-12-10-14-15-16(12)4)9-13(2,3)17(5)20(6,18)19/h10-11H,7-9H2,1-6H3. The highest BCUT2D eigenvalue weighted by atomic mass is 32.2. The first-order valence-corrected chi connectivity index (χ1v) is 8.70. The van der Waals surface area contributed by atoms with Crippen LogP contribution in [-0.2, 0) is 23.5 Å². The average molecular weight is 302 g/mol. The van der Waals surface area contributed by atoms with Crippen LogP contribution in [0, 0.1) is 5.92 Å². The molecule has 0 aliphatic heterocycles. The van der Waals surface area contributed by atoms with Crippen molar-refractivity contribution in [3.8, 4) is 0 Å². The van der Waals surface area contributed by atoms with Crippen molar-refractivity contribution >= 4 is 10.0 Å². The predicted molar refractivity (Wildman–Crippen MR) is 79.8 cm³/mol. The van der Waals surface area contributed by atoms with Gasteiger partial charge in [0.15, 0.2) is 0 Å². The molecular formula is C13H26N4O2S. The summed E-state index contributed by atoms with van der Waals surface area (Å²) >= 11 is 0. The smallest absolute Gasteiger partial charge is 0.211 e. The molecule has 6 nitrogen and oxygen atoms in total. The van der Waals surface area contributed by atoms with E-state index in [2.05, 4.69) is 17.2 Å². The maximum absolute atomic E-state index is 11.7. The van der Waals surface area contributed by atoms with Gasteiger partial charge >= 0.3 is 0 Å². The SMILES string of the molecule is CCC(Cc1cnnn1C)CC(C)(C)N(C)S(C)(=O)=O. The molecule has 20 heavy (non-hydrogen) atoms. The van der Waals surface area contributed by atoms with Crippen LogP contribution >= 0.6 is 0 Å². The summed E-state index contributed by atoms with van der Waals surface area (Å²) in [5.41, 5.74) is 0.676. The average Bonchev–Trinajstić information content (AvgIpc) is 2.71. The number of nitrogens with zero attached hydrogens (tertiary/aromatic N) is 4. The summed E-state index contributed by atoms with van der Waals surface area (Å²) in [5, 5.41) is 7.82. The third-order valence-electron chi connectivity index (χ3n) is 4.02. The Morgan fingerprint density at radius 2 is 2.05 bits per heavy atom. The Bertz CT molecular complexity index is 536. The summed E-state index contributed by atoms with van der Waals surface area (Å²) in [5.74, 6) is 0.395. The van der Waals surface area contributed by atoms with Crippen LogP contribution in [0.5, 0.6) is 0 Å². The van der Waals surface area contributed by atoms with E-state index in [1.54, 1.807) is 17.9 Å². The Hall–Kier alpha value is -0.950. The summed E-state index contributed by atoms with van der Waals surface area (Å²) in [7, 11) is 0.343. The lowest BCUT2D eigenvalue weighted by Gasteiger charge is -2.36. The van der Waals surface area contributed by atoms with Crippen molar-refractivity contribution in [3.63, 3.8) is 0 Å². The zero-order valence-corrected chi connectivity index (χ0v) is 14.1. The number of rotatable bonds is 7. The monoisotopic (exact) mass is 302 g/mol. The van der Waals surface area contributed by atoms with Crippen molar-refractivity contribution in [1.82, 2.24) is 19.3 Å². The van der Waals surface area contributed by atoms with Gasteiger partial charge in [0.25, 0.3) is 0 Å². The third-order valence-corrected chi connectivity index (χ3v) is 5.51. The largest absolute Gasteiger partial charge is 0.252 e. The van der Waals surface area contributed by atoms with Crippen LogP contribution in [0.2, 0.25) is 0 Å². The second-order valence-corrected chi connectivity index (χ2v) is 8.09. The maximum atomic E-state index is 11.7. The van der Waals surface area contributed by atoms with Crippen LogP contribution in [-0.4, -0.2) is 46.6 Å². The van der Waals surface area contributed by atoms with E-state index in [4.69, 9.17) is 0 Å². The molecule has 1 atom stereocenters. The molecule has 0 fully saturated rings. The first kappa shape index (κ1) is 17.1. The van der Waals surface area contributed by atoms with E-state index in [-0.39, 0.29) is 0 Å². The summed E-state index contributed by atoms with van der Waals surface area (Å²) in [4.78, 5) is 0. The number of aromatic nitrogens is 3. The quantitative estimate of drug-likeness (QED) is 0.764. The molecule has 0 amide bonds. The normalized spacial score (nSPS) is 14.8. The number of hydrogen-bond acceptors (Lipinski definition) is 4. The molecule has 7 heteroatoms. The Morgan fingerprint density at radius 3 is 2.45 bits per heavy atom. The van der Waals surface area contributed by atoms with E-state index in [1.165, 1.54) is 10.6 Å². The van der Waals surface area contributed by atoms with Gasteiger partial charge in [-0.2, -0.15) is 4.31 Å². The van der Waals surface area contributed by atoms with Crippen molar-refractivity contribution in [2.24, 2.45) is 13.0 Å². The minimum atomic E-state index is -3.18. The lowest BCUT2D eigenvalue weighted by Crippen LogP contribution is -2.45. The molecule has 1 rings (SSSR count). The minimum absolute atomic E-state index is 0.395. The molecule has 1 unspecified atom stereocenters. The minimum Gasteiger partial charge on any atom is -0.252 e. The lowest BCUT2D eigenvalue weighted by molar-refractivity contribution is 0.207. The Balaban J connectivity index is 2.80. The highest BCUT2D eigenvalue weighted by molar-refractivity contribution is 7.88. The number of hydrogen-bond donors (Lipinski definition) is 0. The molecule has 0 aliphatic rings. The predicted octanol–water partition coefficient (Wildman–Crippen LogP) is 1.44. The van der Waals surface area contributed by atoms with Gasteiger partial charge in [-0.3, -0.25) is 4.68 Å². The lowest BCUT2D eigenvalue weighted by atomic mass is 9.86. The first-order valence-electron chi connectivity index (χ1n) is 6.85. The first-order chi connectivity index (χ1) is 9.08. The fourth-order valence-electron chi connectivity index (χ4n) is 2.44. The molecule has 0 aliphatic carbocycles. The Morgan fingerprint density at radius 1 is 1.45 bits per heavy atom. The number of sulfonamides is 1. The fraction of sp³-hybridized carbons (Fsp3) is 0.846. The summed E-state index contributed by atoms with van der Waals surface area (Å²) in [6.45, 7) is 6.07. The van der Waals surface area contributed by atoms with Crippen molar-refractivity contribution < 1.29 is 8.42 Å². The molecule has 116 valence electrons. The third kappa shape index (κ3) is 4.28. The van der Waals surface area contributed by atoms with E-state index in [9.17, 15) is 8.42 Å². The van der Waals surface area contributed by atoms with Crippen LogP contribution in [0.1, 0.15) is 39.3 Å². The summed E-state index contributed by atoms with van der Waals surface area (Å²) < 4.78 is 26.7. The van der Waals surface area contributed by atoms with Crippen molar-refractivity contribution in [1.29, 1.82) is 0 Å². The van der Waals surface area contributed by atoms with Gasteiger partial charge in [0.2, 0.25) is 10.0 Å². The molecule has 0 bridgehead atoms. The topological polar surface area (TPSA) is 68.1 Å². The van der Waals surface area contributed by atoms with Crippen LogP contribution in [0.4, 0.5) is 0 Å². The van der Waals surface area contributed by atoms with Crippen molar-refractivity contribution in [3.05, 3.63) is 11.9 Å². The molecule has 1 aromatic heterocycles. The van der Waals surface area contributed by atoms with E-state index in [0.29, 0.717) is 5.92 Å². The molecule has 0 aromatic carbocycles. The zero-order chi connectivity index (χ0) is 15.6. The van der Waals surface area contributed by atoms with Crippen molar-refractivity contribution in [2.75, 3.05) is 13.3 Å². The molecular weight excluding hydrogens is 276 g/mol. The molecule has 1 heterocycles. The van der Waals surface area contributed by atoms with Crippen LogP contribution < -0.4 is 0 Å². The van der Waals surface area contributed by atoms with Gasteiger partial charge < -0.3 is 0 Å². The fourth-order valence-corrected chi connectivity index (χ4v) is 3.41. The highest BCUT2D eigenvalue weighted by Crippen LogP contribution is 2.28. The zero-order valence-electron chi connectivity index (χ0n) is 13.3. The summed E-state index contributed by atoms with van der Waals surface area (Å²) in [6.07, 6.45) is 5.68. The van der Waals surface area contributed by atoms with Gasteiger partial charge in [0, 0.05) is 19.6 Å². The van der Waals surface area contributed by atoms with Gasteiger partial charge in [-0.15, -0.1) is 5.10 Å². The van der Waals surface area contributed by atoms with Crippen LogP contribution in [0.15, 0.2) is 6.20 Å². The van der Waals surface area contributed by atoms with Gasteiger partial charge in [-0.05, 0) is 32.6 Å². The number of aryl methyl sites for hydroxylation is 1. The highest BCUT2D eigenvalue weighted by Gasteiger charge is 2.32. The van der Waals surface area contributed by atoms with E-state index in [1.807, 2.05) is 20.9 Å². The maximum Gasteiger partial charge on any atom is 0.211 e. The van der Waals surface area contributed by atoms with E-state index < -0.39 is 15.6 Å². The van der Waals surface area contributed by atoms with Gasteiger partial charge in [0.05, 0.1) is 18.1 Å². The van der Waals surface area contributed by atoms with Crippen molar-refractivity contribution in [2.45, 2.75) is 45.6 Å². The van der Waals surface area contributed by atoms with Gasteiger partial charge in [-0.25, -0.2) is 8.42 Å².